The quantitative estimate of drug-likeness (QED) is 0.496. The maximum Gasteiger partial charge on any atom is 0.0729 e. The molecule has 3 N–H and O–H groups in total. The molecule has 0 spiro atoms. The molecular weight excluding hydrogens is 158 g/mol. The molecule has 2 unspecified atom stereocenters. The summed E-state index contributed by atoms with van der Waals surface area (Å²) in [7, 11) is 0. The lowest BCUT2D eigenvalue weighted by Crippen LogP contribution is -2.29. The van der Waals surface area contributed by atoms with E-state index in [2.05, 4.69) is 0 Å². The standard InChI is InChI=1S/C8H17NO3/c1-6(11)2-9-3-7(5-10)8(12)4-9/h6-8,10-12H,2-5H2,1H3/t6-,7?,8?/m1/s1. The average molecular weight is 175 g/mol. The number of hydrogen-bond donors (Lipinski definition) is 3. The molecule has 0 amide bonds. The SMILES string of the molecule is C[C@@H](O)CN1CC(O)C(CO)C1. The molecule has 0 radical (unpaired) electrons. The van der Waals surface area contributed by atoms with E-state index < -0.39 is 6.10 Å². The molecule has 4 nitrogen and oxygen atoms in total. The molecule has 1 heterocycles. The summed E-state index contributed by atoms with van der Waals surface area (Å²) in [6.07, 6.45) is -0.802. The summed E-state index contributed by atoms with van der Waals surface area (Å²) in [5, 5.41) is 27.3. The Hall–Kier alpha value is -0.160. The number of β-amino-alcohol motifs (C(OH)–C–C–N with tert-alkyl or cyclic N) is 2. The molecule has 1 saturated heterocycles. The number of aliphatic hydroxyl groups is 3. The van der Waals surface area contributed by atoms with Crippen LogP contribution < -0.4 is 0 Å². The molecule has 1 aliphatic heterocycles. The highest BCUT2D eigenvalue weighted by molar-refractivity contribution is 4.83. The summed E-state index contributed by atoms with van der Waals surface area (Å²) in [6.45, 7) is 3.57. The zero-order valence-electron chi connectivity index (χ0n) is 7.35. The largest absolute Gasteiger partial charge is 0.396 e. The van der Waals surface area contributed by atoms with Crippen LogP contribution in [0.2, 0.25) is 0 Å². The Morgan fingerprint density at radius 1 is 1.50 bits per heavy atom. The summed E-state index contributed by atoms with van der Waals surface area (Å²) >= 11 is 0. The van der Waals surface area contributed by atoms with Gasteiger partial charge in [0, 0.05) is 32.2 Å². The van der Waals surface area contributed by atoms with Crippen LogP contribution in [0.15, 0.2) is 0 Å². The number of aliphatic hydroxyl groups excluding tert-OH is 3. The van der Waals surface area contributed by atoms with Crippen molar-refractivity contribution in [1.82, 2.24) is 4.90 Å². The molecular formula is C8H17NO3. The molecule has 1 aliphatic rings. The number of likely N-dealkylation sites (tertiary alicyclic amines) is 1. The molecule has 1 rings (SSSR count). The van der Waals surface area contributed by atoms with E-state index in [0.717, 1.165) is 0 Å². The summed E-state index contributed by atoms with van der Waals surface area (Å²) in [4.78, 5) is 1.97. The molecule has 12 heavy (non-hydrogen) atoms. The van der Waals surface area contributed by atoms with E-state index in [-0.39, 0.29) is 18.6 Å². The Morgan fingerprint density at radius 3 is 2.58 bits per heavy atom. The Kier molecular flexibility index (Phi) is 3.46. The smallest absolute Gasteiger partial charge is 0.0729 e. The van der Waals surface area contributed by atoms with Crippen molar-refractivity contribution in [3.8, 4) is 0 Å². The van der Waals surface area contributed by atoms with Gasteiger partial charge in [-0.1, -0.05) is 0 Å². The van der Waals surface area contributed by atoms with Crippen LogP contribution in [0.1, 0.15) is 6.92 Å². The second-order valence-electron chi connectivity index (χ2n) is 3.58. The fraction of sp³-hybridized carbons (Fsp3) is 1.00. The first-order valence-corrected chi connectivity index (χ1v) is 4.32. The number of rotatable bonds is 3. The summed E-state index contributed by atoms with van der Waals surface area (Å²) in [5.74, 6) is -0.0382. The van der Waals surface area contributed by atoms with Gasteiger partial charge in [0.15, 0.2) is 0 Å². The van der Waals surface area contributed by atoms with Gasteiger partial charge in [0.1, 0.15) is 0 Å². The van der Waals surface area contributed by atoms with E-state index in [9.17, 15) is 5.11 Å². The van der Waals surface area contributed by atoms with Gasteiger partial charge in [-0.25, -0.2) is 0 Å². The molecule has 4 heteroatoms. The fourth-order valence-corrected chi connectivity index (χ4v) is 1.64. The van der Waals surface area contributed by atoms with Gasteiger partial charge in [-0.05, 0) is 6.92 Å². The van der Waals surface area contributed by atoms with Crippen LogP contribution in [0.4, 0.5) is 0 Å². The highest BCUT2D eigenvalue weighted by Crippen LogP contribution is 2.16. The van der Waals surface area contributed by atoms with E-state index in [0.29, 0.717) is 19.6 Å². The lowest BCUT2D eigenvalue weighted by atomic mass is 10.1. The van der Waals surface area contributed by atoms with Crippen molar-refractivity contribution in [2.24, 2.45) is 5.92 Å². The molecule has 0 aromatic heterocycles. The Labute approximate surface area is 72.4 Å². The van der Waals surface area contributed by atoms with Crippen molar-refractivity contribution in [2.75, 3.05) is 26.2 Å². The summed E-state index contributed by atoms with van der Waals surface area (Å²) in [6, 6.07) is 0. The number of hydrogen-bond acceptors (Lipinski definition) is 4. The van der Waals surface area contributed by atoms with E-state index in [1.165, 1.54) is 0 Å². The van der Waals surface area contributed by atoms with Crippen molar-refractivity contribution in [1.29, 1.82) is 0 Å². The van der Waals surface area contributed by atoms with Crippen molar-refractivity contribution in [2.45, 2.75) is 19.1 Å². The molecule has 3 atom stereocenters. The summed E-state index contributed by atoms with van der Waals surface area (Å²) in [5.41, 5.74) is 0. The van der Waals surface area contributed by atoms with Crippen molar-refractivity contribution in [3.05, 3.63) is 0 Å². The van der Waals surface area contributed by atoms with Gasteiger partial charge < -0.3 is 15.3 Å². The van der Waals surface area contributed by atoms with Gasteiger partial charge in [-0.2, -0.15) is 0 Å². The molecule has 1 fully saturated rings. The third-order valence-corrected chi connectivity index (χ3v) is 2.24. The predicted molar refractivity (Wildman–Crippen MR) is 44.7 cm³/mol. The molecule has 0 aromatic rings. The van der Waals surface area contributed by atoms with Crippen molar-refractivity contribution in [3.63, 3.8) is 0 Å². The molecule has 0 aromatic carbocycles. The minimum absolute atomic E-state index is 0.0253. The molecule has 0 aliphatic carbocycles. The fourth-order valence-electron chi connectivity index (χ4n) is 1.64. The normalized spacial score (nSPS) is 34.0. The van der Waals surface area contributed by atoms with E-state index in [4.69, 9.17) is 10.2 Å². The highest BCUT2D eigenvalue weighted by atomic mass is 16.3. The van der Waals surface area contributed by atoms with Gasteiger partial charge in [0.05, 0.1) is 12.2 Å². The first kappa shape index (κ1) is 9.92. The van der Waals surface area contributed by atoms with Gasteiger partial charge in [0.25, 0.3) is 0 Å². The van der Waals surface area contributed by atoms with Gasteiger partial charge in [0.2, 0.25) is 0 Å². The summed E-state index contributed by atoms with van der Waals surface area (Å²) < 4.78 is 0. The van der Waals surface area contributed by atoms with E-state index in [1.807, 2.05) is 4.90 Å². The van der Waals surface area contributed by atoms with Crippen molar-refractivity contribution >= 4 is 0 Å². The first-order valence-electron chi connectivity index (χ1n) is 4.32. The highest BCUT2D eigenvalue weighted by Gasteiger charge is 2.30. The third kappa shape index (κ3) is 2.42. The maximum absolute atomic E-state index is 9.39. The van der Waals surface area contributed by atoms with Crippen LogP contribution in [0, 0.1) is 5.92 Å². The third-order valence-electron chi connectivity index (χ3n) is 2.24. The molecule has 72 valence electrons. The van der Waals surface area contributed by atoms with Crippen LogP contribution in [0.3, 0.4) is 0 Å². The van der Waals surface area contributed by atoms with E-state index >= 15 is 0 Å². The zero-order valence-corrected chi connectivity index (χ0v) is 7.35. The van der Waals surface area contributed by atoms with Gasteiger partial charge >= 0.3 is 0 Å². The van der Waals surface area contributed by atoms with Crippen LogP contribution in [-0.2, 0) is 0 Å². The van der Waals surface area contributed by atoms with Crippen LogP contribution in [0.25, 0.3) is 0 Å². The maximum atomic E-state index is 9.39. The van der Waals surface area contributed by atoms with Gasteiger partial charge in [-0.3, -0.25) is 4.90 Å². The van der Waals surface area contributed by atoms with Crippen LogP contribution >= 0.6 is 0 Å². The zero-order chi connectivity index (χ0) is 9.14. The topological polar surface area (TPSA) is 63.9 Å². The Bertz CT molecular complexity index is 140. The van der Waals surface area contributed by atoms with Gasteiger partial charge in [-0.15, -0.1) is 0 Å². The second-order valence-corrected chi connectivity index (χ2v) is 3.58. The van der Waals surface area contributed by atoms with E-state index in [1.54, 1.807) is 6.92 Å². The Balaban J connectivity index is 2.33. The first-order chi connectivity index (χ1) is 5.63. The minimum Gasteiger partial charge on any atom is -0.396 e. The van der Waals surface area contributed by atoms with Crippen molar-refractivity contribution < 1.29 is 15.3 Å². The molecule has 0 bridgehead atoms. The lowest BCUT2D eigenvalue weighted by Gasteiger charge is -2.16. The number of nitrogens with zero attached hydrogens (tertiary/aromatic N) is 1. The second kappa shape index (κ2) is 4.18. The Morgan fingerprint density at radius 2 is 2.17 bits per heavy atom. The average Bonchev–Trinajstić information content (AvgIpc) is 2.29. The minimum atomic E-state index is -0.436. The van der Waals surface area contributed by atoms with Crippen LogP contribution in [0.5, 0.6) is 0 Å². The molecule has 0 saturated carbocycles. The van der Waals surface area contributed by atoms with Crippen LogP contribution in [-0.4, -0.2) is 58.7 Å². The monoisotopic (exact) mass is 175 g/mol. The predicted octanol–water partition coefficient (Wildman–Crippen LogP) is -1.35. The lowest BCUT2D eigenvalue weighted by molar-refractivity contribution is 0.101.